The molecule has 1 fully saturated rings. The smallest absolute Gasteiger partial charge is 0.230 e. The number of aliphatic imine (C=N–C) groups is 1. The Morgan fingerprint density at radius 2 is 1.89 bits per heavy atom. The van der Waals surface area contributed by atoms with Crippen molar-refractivity contribution in [1.29, 1.82) is 0 Å². The maximum atomic E-state index is 12.7. The molecule has 0 heterocycles. The largest absolute Gasteiger partial charge is 0.375 e. The highest BCUT2D eigenvalue weighted by Gasteiger charge is 2.41. The highest BCUT2D eigenvalue weighted by molar-refractivity contribution is 5.84. The molecule has 0 bridgehead atoms. The molecule has 1 amide bonds. The quantitative estimate of drug-likeness (QED) is 0.396. The van der Waals surface area contributed by atoms with Crippen LogP contribution < -0.4 is 10.6 Å². The standard InChI is InChI=1S/C21H34N4O2/c1-4-22-20(23-14-15-27-16-18-10-6-5-7-11-18)24-17-21(12-8-9-13-21)19(26)25(2)3/h5-7,10-11H,4,8-9,12-17H2,1-3H3,(H2,22,23,24). The lowest BCUT2D eigenvalue weighted by Gasteiger charge is -2.29. The van der Waals surface area contributed by atoms with Crippen molar-refractivity contribution in [3.05, 3.63) is 35.9 Å². The monoisotopic (exact) mass is 374 g/mol. The summed E-state index contributed by atoms with van der Waals surface area (Å²) in [5, 5.41) is 6.56. The van der Waals surface area contributed by atoms with E-state index in [1.807, 2.05) is 39.2 Å². The third-order valence-electron chi connectivity index (χ3n) is 4.95. The Balaban J connectivity index is 1.83. The highest BCUT2D eigenvalue weighted by Crippen LogP contribution is 2.39. The summed E-state index contributed by atoms with van der Waals surface area (Å²) in [4.78, 5) is 19.1. The van der Waals surface area contributed by atoms with Crippen LogP contribution in [0.3, 0.4) is 0 Å². The van der Waals surface area contributed by atoms with Gasteiger partial charge in [-0.3, -0.25) is 9.79 Å². The summed E-state index contributed by atoms with van der Waals surface area (Å²) in [6.07, 6.45) is 4.05. The van der Waals surface area contributed by atoms with Crippen LogP contribution in [0.5, 0.6) is 0 Å². The van der Waals surface area contributed by atoms with Crippen LogP contribution in [-0.2, 0) is 16.1 Å². The van der Waals surface area contributed by atoms with E-state index in [-0.39, 0.29) is 11.3 Å². The number of carbonyl (C=O) groups is 1. The van der Waals surface area contributed by atoms with Crippen LogP contribution in [0.4, 0.5) is 0 Å². The van der Waals surface area contributed by atoms with Gasteiger partial charge in [0.25, 0.3) is 0 Å². The molecule has 1 aromatic carbocycles. The third kappa shape index (κ3) is 6.54. The lowest BCUT2D eigenvalue weighted by Crippen LogP contribution is -2.43. The van der Waals surface area contributed by atoms with E-state index in [2.05, 4.69) is 22.8 Å². The predicted octanol–water partition coefficient (Wildman–Crippen LogP) is 2.41. The average Bonchev–Trinajstić information content (AvgIpc) is 3.16. The fraction of sp³-hybridized carbons (Fsp3) is 0.619. The zero-order valence-corrected chi connectivity index (χ0v) is 17.0. The Hall–Kier alpha value is -2.08. The summed E-state index contributed by atoms with van der Waals surface area (Å²) >= 11 is 0. The van der Waals surface area contributed by atoms with Crippen LogP contribution in [0, 0.1) is 5.41 Å². The Kier molecular flexibility index (Phi) is 8.58. The number of nitrogens with zero attached hydrogens (tertiary/aromatic N) is 2. The van der Waals surface area contributed by atoms with Gasteiger partial charge in [0, 0.05) is 27.2 Å². The molecule has 0 aliphatic heterocycles. The van der Waals surface area contributed by atoms with Gasteiger partial charge in [-0.05, 0) is 25.3 Å². The summed E-state index contributed by atoms with van der Waals surface area (Å²) < 4.78 is 5.71. The first-order valence-corrected chi connectivity index (χ1v) is 9.93. The van der Waals surface area contributed by atoms with Crippen molar-refractivity contribution in [3.63, 3.8) is 0 Å². The summed E-state index contributed by atoms with van der Waals surface area (Å²) in [7, 11) is 3.67. The molecule has 0 atom stereocenters. The van der Waals surface area contributed by atoms with Crippen LogP contribution in [0.2, 0.25) is 0 Å². The maximum Gasteiger partial charge on any atom is 0.230 e. The van der Waals surface area contributed by atoms with Gasteiger partial charge in [-0.15, -0.1) is 0 Å². The number of hydrogen-bond donors (Lipinski definition) is 2. The SMILES string of the molecule is CCNC(=NCC1(C(=O)N(C)C)CCCC1)NCCOCc1ccccc1. The van der Waals surface area contributed by atoms with E-state index in [4.69, 9.17) is 9.73 Å². The molecule has 0 unspecified atom stereocenters. The summed E-state index contributed by atoms with van der Waals surface area (Å²) in [5.41, 5.74) is 0.832. The number of carbonyl (C=O) groups excluding carboxylic acids is 1. The van der Waals surface area contributed by atoms with Gasteiger partial charge in [-0.1, -0.05) is 43.2 Å². The van der Waals surface area contributed by atoms with Gasteiger partial charge in [-0.2, -0.15) is 0 Å². The van der Waals surface area contributed by atoms with Gasteiger partial charge >= 0.3 is 0 Å². The van der Waals surface area contributed by atoms with E-state index in [1.54, 1.807) is 4.90 Å². The number of nitrogens with one attached hydrogen (secondary N) is 2. The molecule has 6 nitrogen and oxygen atoms in total. The Morgan fingerprint density at radius 1 is 1.19 bits per heavy atom. The molecule has 1 saturated carbocycles. The van der Waals surface area contributed by atoms with Gasteiger partial charge in [0.05, 0.1) is 25.2 Å². The van der Waals surface area contributed by atoms with E-state index < -0.39 is 0 Å². The van der Waals surface area contributed by atoms with Gasteiger partial charge < -0.3 is 20.3 Å². The first-order valence-electron chi connectivity index (χ1n) is 9.93. The summed E-state index contributed by atoms with van der Waals surface area (Å²) in [5.74, 6) is 0.949. The van der Waals surface area contributed by atoms with E-state index in [1.165, 1.54) is 5.56 Å². The van der Waals surface area contributed by atoms with Crippen molar-refractivity contribution in [2.24, 2.45) is 10.4 Å². The molecule has 0 aromatic heterocycles. The van der Waals surface area contributed by atoms with Crippen LogP contribution in [-0.4, -0.2) is 57.1 Å². The predicted molar refractivity (Wildman–Crippen MR) is 110 cm³/mol. The van der Waals surface area contributed by atoms with Gasteiger partial charge in [0.15, 0.2) is 5.96 Å². The molecule has 150 valence electrons. The van der Waals surface area contributed by atoms with E-state index in [0.29, 0.717) is 26.3 Å². The molecular formula is C21H34N4O2. The van der Waals surface area contributed by atoms with Gasteiger partial charge in [0.1, 0.15) is 0 Å². The van der Waals surface area contributed by atoms with Crippen molar-refractivity contribution in [2.75, 3.05) is 40.3 Å². The number of amides is 1. The van der Waals surface area contributed by atoms with Crippen molar-refractivity contribution in [2.45, 2.75) is 39.2 Å². The number of benzene rings is 1. The summed E-state index contributed by atoms with van der Waals surface area (Å²) in [6, 6.07) is 10.1. The lowest BCUT2D eigenvalue weighted by atomic mass is 9.85. The molecule has 6 heteroatoms. The number of rotatable bonds is 9. The van der Waals surface area contributed by atoms with E-state index >= 15 is 0 Å². The van der Waals surface area contributed by atoms with Crippen LogP contribution in [0.15, 0.2) is 35.3 Å². The van der Waals surface area contributed by atoms with Crippen LogP contribution >= 0.6 is 0 Å². The highest BCUT2D eigenvalue weighted by atomic mass is 16.5. The lowest BCUT2D eigenvalue weighted by molar-refractivity contribution is -0.138. The summed E-state index contributed by atoms with van der Waals surface area (Å²) in [6.45, 7) is 5.24. The number of hydrogen-bond acceptors (Lipinski definition) is 3. The molecule has 1 aromatic rings. The van der Waals surface area contributed by atoms with E-state index in [0.717, 1.165) is 38.2 Å². The molecular weight excluding hydrogens is 340 g/mol. The van der Waals surface area contributed by atoms with Crippen molar-refractivity contribution < 1.29 is 9.53 Å². The number of ether oxygens (including phenoxy) is 1. The Labute approximate surface area is 163 Å². The third-order valence-corrected chi connectivity index (χ3v) is 4.95. The molecule has 2 N–H and O–H groups in total. The van der Waals surface area contributed by atoms with Crippen molar-refractivity contribution in [1.82, 2.24) is 15.5 Å². The second-order valence-corrected chi connectivity index (χ2v) is 7.35. The normalized spacial score (nSPS) is 16.2. The maximum absolute atomic E-state index is 12.7. The molecule has 1 aliphatic carbocycles. The van der Waals surface area contributed by atoms with Gasteiger partial charge in [-0.25, -0.2) is 0 Å². The van der Waals surface area contributed by atoms with Crippen molar-refractivity contribution >= 4 is 11.9 Å². The first-order chi connectivity index (χ1) is 13.1. The molecule has 0 spiro atoms. The molecule has 0 saturated heterocycles. The Bertz CT molecular complexity index is 595. The van der Waals surface area contributed by atoms with E-state index in [9.17, 15) is 4.79 Å². The minimum atomic E-state index is -0.338. The molecule has 27 heavy (non-hydrogen) atoms. The fourth-order valence-corrected chi connectivity index (χ4v) is 3.54. The number of guanidine groups is 1. The molecule has 2 rings (SSSR count). The van der Waals surface area contributed by atoms with Crippen LogP contribution in [0.25, 0.3) is 0 Å². The Morgan fingerprint density at radius 3 is 2.52 bits per heavy atom. The second-order valence-electron chi connectivity index (χ2n) is 7.35. The van der Waals surface area contributed by atoms with Crippen LogP contribution in [0.1, 0.15) is 38.2 Å². The fourth-order valence-electron chi connectivity index (χ4n) is 3.54. The zero-order chi connectivity index (χ0) is 19.5. The average molecular weight is 375 g/mol. The second kappa shape index (κ2) is 10.9. The minimum Gasteiger partial charge on any atom is -0.375 e. The topological polar surface area (TPSA) is 66.0 Å². The molecule has 0 radical (unpaired) electrons. The zero-order valence-electron chi connectivity index (χ0n) is 17.0. The van der Waals surface area contributed by atoms with Crippen molar-refractivity contribution in [3.8, 4) is 0 Å². The first kappa shape index (κ1) is 21.2. The molecule has 1 aliphatic rings. The van der Waals surface area contributed by atoms with Gasteiger partial charge in [0.2, 0.25) is 5.91 Å². The minimum absolute atomic E-state index is 0.200.